The first-order valence-electron chi connectivity index (χ1n) is 6.75. The van der Waals surface area contributed by atoms with E-state index >= 15 is 0 Å². The van der Waals surface area contributed by atoms with E-state index in [2.05, 4.69) is 0 Å². The largest absolute Gasteiger partial charge is 0.514 e. The number of ether oxygens (including phenoxy) is 2. The number of halogens is 1. The van der Waals surface area contributed by atoms with Crippen LogP contribution in [0.2, 0.25) is 0 Å². The van der Waals surface area contributed by atoms with Gasteiger partial charge in [0.05, 0.1) is 0 Å². The molecule has 4 heteroatoms. The molecular weight excluding hydrogens is 259 g/mol. The predicted molar refractivity (Wildman–Crippen MR) is 76.6 cm³/mol. The lowest BCUT2D eigenvalue weighted by Gasteiger charge is -2.23. The average Bonchev–Trinajstić information content (AvgIpc) is 2.26. The molecule has 1 aromatic carbocycles. The molecule has 0 atom stereocenters. The van der Waals surface area contributed by atoms with Crippen molar-refractivity contribution in [2.45, 2.75) is 59.0 Å². The zero-order valence-corrected chi connectivity index (χ0v) is 13.0. The Balaban J connectivity index is 2.88. The first kappa shape index (κ1) is 16.5. The first-order valence-corrected chi connectivity index (χ1v) is 6.75. The number of hydrogen-bond acceptors (Lipinski definition) is 3. The first-order chi connectivity index (χ1) is 9.03. The summed E-state index contributed by atoms with van der Waals surface area (Å²) in [4.78, 5) is 11.7. The average molecular weight is 282 g/mol. The standard InChI is InChI=1S/C16H23FO3/c1-7-16(5,6)20-14(18)19-13-9-11(15(2,3)4)8-12(17)10-13/h8-10H,7H2,1-6H3. The summed E-state index contributed by atoms with van der Waals surface area (Å²) in [5, 5.41) is 0. The number of benzene rings is 1. The third-order valence-corrected chi connectivity index (χ3v) is 3.15. The Labute approximate surface area is 120 Å². The molecule has 0 aliphatic rings. The van der Waals surface area contributed by atoms with Gasteiger partial charge in [-0.1, -0.05) is 27.7 Å². The number of hydrogen-bond donors (Lipinski definition) is 0. The highest BCUT2D eigenvalue weighted by Gasteiger charge is 2.23. The van der Waals surface area contributed by atoms with Gasteiger partial charge in [0.15, 0.2) is 0 Å². The smallest absolute Gasteiger partial charge is 0.428 e. The molecule has 0 aromatic heterocycles. The van der Waals surface area contributed by atoms with Crippen LogP contribution < -0.4 is 4.74 Å². The van der Waals surface area contributed by atoms with Crippen molar-refractivity contribution in [1.29, 1.82) is 0 Å². The summed E-state index contributed by atoms with van der Waals surface area (Å²) in [5.41, 5.74) is -0.0700. The van der Waals surface area contributed by atoms with E-state index < -0.39 is 17.6 Å². The van der Waals surface area contributed by atoms with Crippen LogP contribution in [0, 0.1) is 5.82 Å². The minimum atomic E-state index is -0.817. The Morgan fingerprint density at radius 3 is 2.25 bits per heavy atom. The van der Waals surface area contributed by atoms with Crippen molar-refractivity contribution in [1.82, 2.24) is 0 Å². The predicted octanol–water partition coefficient (Wildman–Crippen LogP) is 4.83. The van der Waals surface area contributed by atoms with E-state index in [0.29, 0.717) is 6.42 Å². The molecule has 0 fully saturated rings. The van der Waals surface area contributed by atoms with E-state index in [9.17, 15) is 9.18 Å². The zero-order valence-electron chi connectivity index (χ0n) is 13.0. The molecule has 0 bridgehead atoms. The van der Waals surface area contributed by atoms with Gasteiger partial charge in [-0.3, -0.25) is 0 Å². The van der Waals surface area contributed by atoms with Crippen molar-refractivity contribution >= 4 is 6.16 Å². The maximum atomic E-state index is 13.6. The van der Waals surface area contributed by atoms with Crippen LogP contribution in [-0.2, 0) is 10.2 Å². The zero-order chi connectivity index (χ0) is 15.6. The van der Waals surface area contributed by atoms with Crippen LogP contribution in [0.3, 0.4) is 0 Å². The third-order valence-electron chi connectivity index (χ3n) is 3.15. The van der Waals surface area contributed by atoms with Gasteiger partial charge in [0.2, 0.25) is 0 Å². The molecule has 0 saturated carbocycles. The highest BCUT2D eigenvalue weighted by molar-refractivity contribution is 5.64. The second-order valence-electron chi connectivity index (χ2n) is 6.49. The second kappa shape index (κ2) is 5.81. The molecule has 112 valence electrons. The van der Waals surface area contributed by atoms with Crippen molar-refractivity contribution in [2.75, 3.05) is 0 Å². The molecule has 0 N–H and O–H groups in total. The van der Waals surface area contributed by atoms with Gasteiger partial charge < -0.3 is 9.47 Å². The SMILES string of the molecule is CCC(C)(C)OC(=O)Oc1cc(F)cc(C(C)(C)C)c1. The second-order valence-corrected chi connectivity index (χ2v) is 6.49. The maximum Gasteiger partial charge on any atom is 0.514 e. The number of carbonyl (C=O) groups is 1. The lowest BCUT2D eigenvalue weighted by Crippen LogP contribution is -2.28. The van der Waals surface area contributed by atoms with E-state index in [1.807, 2.05) is 27.7 Å². The summed E-state index contributed by atoms with van der Waals surface area (Å²) >= 11 is 0. The summed E-state index contributed by atoms with van der Waals surface area (Å²) in [5.74, 6) is -0.276. The molecular formula is C16H23FO3. The van der Waals surface area contributed by atoms with E-state index in [-0.39, 0.29) is 11.2 Å². The van der Waals surface area contributed by atoms with Crippen LogP contribution in [0.4, 0.5) is 9.18 Å². The van der Waals surface area contributed by atoms with Gasteiger partial charge in [0.1, 0.15) is 17.2 Å². The van der Waals surface area contributed by atoms with Crippen molar-refractivity contribution in [2.24, 2.45) is 0 Å². The fourth-order valence-corrected chi connectivity index (χ4v) is 1.47. The van der Waals surface area contributed by atoms with Gasteiger partial charge in [0, 0.05) is 6.07 Å². The Morgan fingerprint density at radius 2 is 1.75 bits per heavy atom. The van der Waals surface area contributed by atoms with Crippen LogP contribution in [0.15, 0.2) is 18.2 Å². The van der Waals surface area contributed by atoms with E-state index in [0.717, 1.165) is 5.56 Å². The monoisotopic (exact) mass is 282 g/mol. The highest BCUT2D eigenvalue weighted by atomic mass is 19.1. The Hall–Kier alpha value is -1.58. The lowest BCUT2D eigenvalue weighted by molar-refractivity contribution is 0.00700. The summed E-state index contributed by atoms with van der Waals surface area (Å²) in [6, 6.07) is 4.27. The van der Waals surface area contributed by atoms with Crippen LogP contribution in [-0.4, -0.2) is 11.8 Å². The molecule has 20 heavy (non-hydrogen) atoms. The molecule has 0 saturated heterocycles. The lowest BCUT2D eigenvalue weighted by atomic mass is 9.87. The fourth-order valence-electron chi connectivity index (χ4n) is 1.47. The van der Waals surface area contributed by atoms with Crippen molar-refractivity contribution in [3.63, 3.8) is 0 Å². The highest BCUT2D eigenvalue weighted by Crippen LogP contribution is 2.27. The molecule has 3 nitrogen and oxygen atoms in total. The van der Waals surface area contributed by atoms with Crippen molar-refractivity contribution in [3.8, 4) is 5.75 Å². The van der Waals surface area contributed by atoms with Gasteiger partial charge in [0.25, 0.3) is 0 Å². The minimum Gasteiger partial charge on any atom is -0.428 e. The molecule has 0 radical (unpaired) electrons. The van der Waals surface area contributed by atoms with Crippen LogP contribution in [0.1, 0.15) is 53.5 Å². The van der Waals surface area contributed by atoms with Crippen molar-refractivity contribution in [3.05, 3.63) is 29.6 Å². The van der Waals surface area contributed by atoms with E-state index in [4.69, 9.17) is 9.47 Å². The molecule has 0 spiro atoms. The molecule has 0 amide bonds. The minimum absolute atomic E-state index is 0.159. The normalized spacial score (nSPS) is 12.2. The fraction of sp³-hybridized carbons (Fsp3) is 0.562. The molecule has 1 rings (SSSR count). The van der Waals surface area contributed by atoms with Crippen LogP contribution in [0.5, 0.6) is 5.75 Å². The summed E-state index contributed by atoms with van der Waals surface area (Å²) in [7, 11) is 0. The number of rotatable bonds is 3. The van der Waals surface area contributed by atoms with Gasteiger partial charge in [-0.05, 0) is 43.4 Å². The van der Waals surface area contributed by atoms with Gasteiger partial charge in [-0.25, -0.2) is 9.18 Å². The van der Waals surface area contributed by atoms with Crippen LogP contribution in [0.25, 0.3) is 0 Å². The maximum absolute atomic E-state index is 13.6. The molecule has 0 aliphatic heterocycles. The van der Waals surface area contributed by atoms with Gasteiger partial charge >= 0.3 is 6.16 Å². The topological polar surface area (TPSA) is 35.5 Å². The Morgan fingerprint density at radius 1 is 1.15 bits per heavy atom. The van der Waals surface area contributed by atoms with Crippen LogP contribution >= 0.6 is 0 Å². The van der Waals surface area contributed by atoms with Gasteiger partial charge in [-0.15, -0.1) is 0 Å². The summed E-state index contributed by atoms with van der Waals surface area (Å²) in [6.07, 6.45) is -0.152. The Kier molecular flexibility index (Phi) is 4.79. The molecule has 1 aromatic rings. The van der Waals surface area contributed by atoms with Crippen molar-refractivity contribution < 1.29 is 18.7 Å². The molecule has 0 unspecified atom stereocenters. The summed E-state index contributed by atoms with van der Waals surface area (Å²) in [6.45, 7) is 11.4. The third kappa shape index (κ3) is 4.83. The number of carbonyl (C=O) groups excluding carboxylic acids is 1. The van der Waals surface area contributed by atoms with E-state index in [1.54, 1.807) is 19.9 Å². The van der Waals surface area contributed by atoms with Gasteiger partial charge in [-0.2, -0.15) is 0 Å². The summed E-state index contributed by atoms with van der Waals surface area (Å²) < 4.78 is 23.8. The quantitative estimate of drug-likeness (QED) is 0.588. The molecule has 0 heterocycles. The van der Waals surface area contributed by atoms with E-state index in [1.165, 1.54) is 12.1 Å². The Bertz CT molecular complexity index is 487. The molecule has 0 aliphatic carbocycles.